The van der Waals surface area contributed by atoms with Crippen molar-refractivity contribution in [1.29, 1.82) is 0 Å². The lowest BCUT2D eigenvalue weighted by Crippen LogP contribution is -1.96. The van der Waals surface area contributed by atoms with Gasteiger partial charge in [-0.1, -0.05) is 25.1 Å². The minimum Gasteiger partial charge on any atom is -0.338 e. The highest BCUT2D eigenvalue weighted by Gasteiger charge is 2.12. The Morgan fingerprint density at radius 1 is 1.25 bits per heavy atom. The highest BCUT2D eigenvalue weighted by molar-refractivity contribution is 7.98. The lowest BCUT2D eigenvalue weighted by atomic mass is 10.1. The van der Waals surface area contributed by atoms with Gasteiger partial charge in [-0.2, -0.15) is 4.98 Å². The lowest BCUT2D eigenvalue weighted by Gasteiger charge is -2.02. The van der Waals surface area contributed by atoms with Crippen LogP contribution >= 0.6 is 11.8 Å². The fourth-order valence-corrected chi connectivity index (χ4v) is 3.38. The summed E-state index contributed by atoms with van der Waals surface area (Å²) in [5.41, 5.74) is 3.03. The minimum absolute atomic E-state index is 0.560. The van der Waals surface area contributed by atoms with Crippen molar-refractivity contribution in [2.24, 2.45) is 5.92 Å². The molecule has 1 aliphatic rings. The van der Waals surface area contributed by atoms with Crippen molar-refractivity contribution < 1.29 is 4.52 Å². The van der Waals surface area contributed by atoms with Gasteiger partial charge >= 0.3 is 0 Å². The number of rotatable bonds is 5. The second-order valence-electron chi connectivity index (χ2n) is 5.78. The Labute approximate surface area is 124 Å². The largest absolute Gasteiger partial charge is 0.338 e. The summed E-state index contributed by atoms with van der Waals surface area (Å²) >= 11 is 1.78. The second kappa shape index (κ2) is 6.00. The van der Waals surface area contributed by atoms with Crippen molar-refractivity contribution in [2.75, 3.05) is 0 Å². The Hall–Kier alpha value is -1.29. The molecular weight excluding hydrogens is 268 g/mol. The van der Waals surface area contributed by atoms with E-state index in [0.29, 0.717) is 5.92 Å². The Kier molecular flexibility index (Phi) is 4.10. The average Bonchev–Trinajstić information content (AvgIpc) is 3.03. The maximum atomic E-state index is 5.30. The van der Waals surface area contributed by atoms with E-state index in [4.69, 9.17) is 4.52 Å². The molecule has 0 unspecified atom stereocenters. The number of benzene rings is 1. The Morgan fingerprint density at radius 3 is 2.95 bits per heavy atom. The molecule has 4 heteroatoms. The first kappa shape index (κ1) is 13.7. The highest BCUT2D eigenvalue weighted by Crippen LogP contribution is 2.29. The van der Waals surface area contributed by atoms with Gasteiger partial charge < -0.3 is 4.52 Å². The summed E-state index contributed by atoms with van der Waals surface area (Å²) in [6, 6.07) is 6.79. The third-order valence-electron chi connectivity index (χ3n) is 3.53. The van der Waals surface area contributed by atoms with Crippen LogP contribution in [0, 0.1) is 5.92 Å². The monoisotopic (exact) mass is 288 g/mol. The summed E-state index contributed by atoms with van der Waals surface area (Å²) < 4.78 is 5.30. The van der Waals surface area contributed by atoms with E-state index in [-0.39, 0.29) is 0 Å². The number of nitrogens with zero attached hydrogens (tertiary/aromatic N) is 2. The predicted molar refractivity (Wildman–Crippen MR) is 80.9 cm³/mol. The standard InChI is InChI=1S/C16H20N2OS/c1-11(2)8-15-17-16(19-18-15)10-20-14-7-6-12-4-3-5-13(12)9-14/h6-7,9,11H,3-5,8,10H2,1-2H3. The van der Waals surface area contributed by atoms with Gasteiger partial charge in [0.2, 0.25) is 5.89 Å². The topological polar surface area (TPSA) is 38.9 Å². The summed E-state index contributed by atoms with van der Waals surface area (Å²) in [7, 11) is 0. The first-order chi connectivity index (χ1) is 9.70. The van der Waals surface area contributed by atoms with E-state index in [1.165, 1.54) is 35.3 Å². The van der Waals surface area contributed by atoms with Crippen molar-refractivity contribution in [3.8, 4) is 0 Å². The molecule has 0 amide bonds. The van der Waals surface area contributed by atoms with Crippen molar-refractivity contribution in [1.82, 2.24) is 10.1 Å². The number of aromatic nitrogens is 2. The van der Waals surface area contributed by atoms with Gasteiger partial charge in [-0.25, -0.2) is 0 Å². The maximum absolute atomic E-state index is 5.30. The molecule has 2 aromatic rings. The zero-order valence-electron chi connectivity index (χ0n) is 12.1. The van der Waals surface area contributed by atoms with Gasteiger partial charge in [0, 0.05) is 11.3 Å². The van der Waals surface area contributed by atoms with Crippen LogP contribution in [0.25, 0.3) is 0 Å². The van der Waals surface area contributed by atoms with Gasteiger partial charge in [0.1, 0.15) is 0 Å². The molecule has 1 aliphatic carbocycles. The van der Waals surface area contributed by atoms with Gasteiger partial charge in [-0.3, -0.25) is 0 Å². The number of fused-ring (bicyclic) bond motifs is 1. The lowest BCUT2D eigenvalue weighted by molar-refractivity contribution is 0.382. The van der Waals surface area contributed by atoms with Crippen molar-refractivity contribution in [2.45, 2.75) is 50.2 Å². The fraction of sp³-hybridized carbons (Fsp3) is 0.500. The van der Waals surface area contributed by atoms with Crippen LogP contribution in [-0.2, 0) is 25.0 Å². The molecule has 0 atom stereocenters. The number of hydrogen-bond donors (Lipinski definition) is 0. The quantitative estimate of drug-likeness (QED) is 0.778. The van der Waals surface area contributed by atoms with E-state index in [9.17, 15) is 0 Å². The number of thioether (sulfide) groups is 1. The molecule has 0 bridgehead atoms. The molecule has 0 spiro atoms. The Balaban J connectivity index is 1.60. The van der Waals surface area contributed by atoms with Crippen molar-refractivity contribution >= 4 is 11.8 Å². The van der Waals surface area contributed by atoms with Crippen LogP contribution in [0.15, 0.2) is 27.6 Å². The summed E-state index contributed by atoms with van der Waals surface area (Å²) in [4.78, 5) is 5.74. The van der Waals surface area contributed by atoms with Crippen LogP contribution in [0.3, 0.4) is 0 Å². The van der Waals surface area contributed by atoms with Crippen molar-refractivity contribution in [3.63, 3.8) is 0 Å². The summed E-state index contributed by atoms with van der Waals surface area (Å²) in [6.07, 6.45) is 4.64. The first-order valence-electron chi connectivity index (χ1n) is 7.27. The van der Waals surface area contributed by atoms with Crippen molar-refractivity contribution in [3.05, 3.63) is 41.0 Å². The van der Waals surface area contributed by atoms with Crippen LogP contribution in [0.1, 0.15) is 43.1 Å². The van der Waals surface area contributed by atoms with Gasteiger partial charge in [-0.05, 0) is 48.4 Å². The molecule has 0 N–H and O–H groups in total. The van der Waals surface area contributed by atoms with Crippen LogP contribution in [-0.4, -0.2) is 10.1 Å². The Bertz CT molecular complexity index is 592. The molecule has 0 saturated carbocycles. The van der Waals surface area contributed by atoms with Gasteiger partial charge in [0.05, 0.1) is 5.75 Å². The third-order valence-corrected chi connectivity index (χ3v) is 4.51. The molecular formula is C16H20N2OS. The van der Waals surface area contributed by atoms with E-state index in [1.807, 2.05) is 0 Å². The average molecular weight is 288 g/mol. The second-order valence-corrected chi connectivity index (χ2v) is 6.82. The zero-order chi connectivity index (χ0) is 13.9. The molecule has 0 fully saturated rings. The molecule has 0 radical (unpaired) electrons. The maximum Gasteiger partial charge on any atom is 0.237 e. The molecule has 0 aliphatic heterocycles. The highest BCUT2D eigenvalue weighted by atomic mass is 32.2. The van der Waals surface area contributed by atoms with E-state index >= 15 is 0 Å². The van der Waals surface area contributed by atoms with Gasteiger partial charge in [0.15, 0.2) is 5.82 Å². The minimum atomic E-state index is 0.560. The Morgan fingerprint density at radius 2 is 2.10 bits per heavy atom. The summed E-state index contributed by atoms with van der Waals surface area (Å²) in [5, 5.41) is 4.03. The van der Waals surface area contributed by atoms with Crippen LogP contribution in [0.2, 0.25) is 0 Å². The van der Waals surface area contributed by atoms with Gasteiger partial charge in [-0.15, -0.1) is 11.8 Å². The molecule has 20 heavy (non-hydrogen) atoms. The SMILES string of the molecule is CC(C)Cc1noc(CSc2ccc3c(c2)CCC3)n1. The first-order valence-corrected chi connectivity index (χ1v) is 8.25. The predicted octanol–water partition coefficient (Wildman–Crippen LogP) is 4.05. The van der Waals surface area contributed by atoms with E-state index in [2.05, 4.69) is 42.2 Å². The van der Waals surface area contributed by atoms with Crippen LogP contribution in [0.4, 0.5) is 0 Å². The molecule has 1 aromatic carbocycles. The molecule has 1 aromatic heterocycles. The van der Waals surface area contributed by atoms with E-state index in [0.717, 1.165) is 23.9 Å². The summed E-state index contributed by atoms with van der Waals surface area (Å²) in [5.74, 6) is 2.87. The fourth-order valence-electron chi connectivity index (χ4n) is 2.58. The smallest absolute Gasteiger partial charge is 0.237 e. The molecule has 3 rings (SSSR count). The normalized spacial score (nSPS) is 13.9. The summed E-state index contributed by atoms with van der Waals surface area (Å²) in [6.45, 7) is 4.32. The number of hydrogen-bond acceptors (Lipinski definition) is 4. The zero-order valence-corrected chi connectivity index (χ0v) is 12.9. The molecule has 0 saturated heterocycles. The molecule has 106 valence electrons. The van der Waals surface area contributed by atoms with Gasteiger partial charge in [0.25, 0.3) is 0 Å². The van der Waals surface area contributed by atoms with Crippen LogP contribution < -0.4 is 0 Å². The number of aryl methyl sites for hydroxylation is 2. The third kappa shape index (κ3) is 3.23. The van der Waals surface area contributed by atoms with Crippen LogP contribution in [0.5, 0.6) is 0 Å². The molecule has 1 heterocycles. The molecule has 3 nitrogen and oxygen atoms in total. The van der Waals surface area contributed by atoms with E-state index < -0.39 is 0 Å². The van der Waals surface area contributed by atoms with E-state index in [1.54, 1.807) is 11.8 Å².